The number of phenols is 1. The molecule has 2 N–H and O–H groups in total. The minimum absolute atomic E-state index is 0.335. The van der Waals surface area contributed by atoms with E-state index >= 15 is 0 Å². The molecule has 1 aromatic carbocycles. The molecular formula is C17H28N2O. The lowest BCUT2D eigenvalue weighted by atomic mass is 9.79. The molecule has 3 nitrogen and oxygen atoms in total. The Bertz CT molecular complexity index is 394. The van der Waals surface area contributed by atoms with Gasteiger partial charge < -0.3 is 15.3 Å². The van der Waals surface area contributed by atoms with Crippen LogP contribution < -0.4 is 10.2 Å². The van der Waals surface area contributed by atoms with Gasteiger partial charge >= 0.3 is 0 Å². The number of nitrogens with one attached hydrogen (secondary N) is 1. The monoisotopic (exact) mass is 276 g/mol. The van der Waals surface area contributed by atoms with Crippen molar-refractivity contribution < 1.29 is 5.11 Å². The zero-order chi connectivity index (χ0) is 14.4. The molecule has 1 aliphatic rings. The number of anilines is 1. The van der Waals surface area contributed by atoms with Crippen molar-refractivity contribution in [2.75, 3.05) is 32.1 Å². The number of hydrogen-bond donors (Lipinski definition) is 2. The second-order valence-electron chi connectivity index (χ2n) is 6.32. The summed E-state index contributed by atoms with van der Waals surface area (Å²) in [5.41, 5.74) is 1.57. The van der Waals surface area contributed by atoms with Crippen LogP contribution in [0.15, 0.2) is 24.3 Å². The summed E-state index contributed by atoms with van der Waals surface area (Å²) in [7, 11) is 4.22. The maximum atomic E-state index is 9.40. The van der Waals surface area contributed by atoms with Crippen LogP contribution in [0.5, 0.6) is 5.75 Å². The van der Waals surface area contributed by atoms with E-state index < -0.39 is 0 Å². The van der Waals surface area contributed by atoms with Gasteiger partial charge in [0.1, 0.15) is 5.75 Å². The van der Waals surface area contributed by atoms with Crippen LogP contribution in [0.25, 0.3) is 0 Å². The number of hydrogen-bond acceptors (Lipinski definition) is 3. The molecule has 0 bridgehead atoms. The quantitative estimate of drug-likeness (QED) is 0.809. The second-order valence-corrected chi connectivity index (χ2v) is 6.32. The van der Waals surface area contributed by atoms with Crippen LogP contribution in [0.2, 0.25) is 0 Å². The SMILES string of the molecule is CNCC1(CN(C)c2ccc(O)cc2)CCCCCC1. The minimum Gasteiger partial charge on any atom is -0.508 e. The first-order chi connectivity index (χ1) is 9.65. The lowest BCUT2D eigenvalue weighted by Gasteiger charge is -2.37. The van der Waals surface area contributed by atoms with Crippen molar-refractivity contribution >= 4 is 5.69 Å². The molecule has 3 heteroatoms. The molecule has 1 aliphatic carbocycles. The van der Waals surface area contributed by atoms with Crippen molar-refractivity contribution in [1.82, 2.24) is 5.32 Å². The Balaban J connectivity index is 2.08. The van der Waals surface area contributed by atoms with E-state index in [-0.39, 0.29) is 0 Å². The number of rotatable bonds is 5. The Morgan fingerprint density at radius 3 is 2.25 bits per heavy atom. The van der Waals surface area contributed by atoms with Crippen LogP contribution in [0.1, 0.15) is 38.5 Å². The number of nitrogens with zero attached hydrogens (tertiary/aromatic N) is 1. The summed E-state index contributed by atoms with van der Waals surface area (Å²) >= 11 is 0. The van der Waals surface area contributed by atoms with E-state index in [1.807, 2.05) is 12.1 Å². The Kier molecular flexibility index (Phi) is 5.30. The first-order valence-electron chi connectivity index (χ1n) is 7.80. The maximum absolute atomic E-state index is 9.40. The van der Waals surface area contributed by atoms with E-state index in [9.17, 15) is 5.11 Å². The lowest BCUT2D eigenvalue weighted by molar-refractivity contribution is 0.245. The lowest BCUT2D eigenvalue weighted by Crippen LogP contribution is -2.42. The highest BCUT2D eigenvalue weighted by molar-refractivity contribution is 5.48. The van der Waals surface area contributed by atoms with Crippen molar-refractivity contribution in [2.45, 2.75) is 38.5 Å². The molecule has 0 heterocycles. The molecule has 0 saturated heterocycles. The molecule has 112 valence electrons. The molecule has 2 rings (SSSR count). The van der Waals surface area contributed by atoms with Gasteiger partial charge in [0.15, 0.2) is 0 Å². The molecule has 20 heavy (non-hydrogen) atoms. The third-order valence-electron chi connectivity index (χ3n) is 4.58. The van der Waals surface area contributed by atoms with Crippen molar-refractivity contribution in [3.05, 3.63) is 24.3 Å². The molecule has 0 unspecified atom stereocenters. The predicted octanol–water partition coefficient (Wildman–Crippen LogP) is 3.39. The van der Waals surface area contributed by atoms with Gasteiger partial charge in [-0.1, -0.05) is 25.7 Å². The zero-order valence-electron chi connectivity index (χ0n) is 12.9. The molecule has 0 radical (unpaired) electrons. The Hall–Kier alpha value is -1.22. The topological polar surface area (TPSA) is 35.5 Å². The van der Waals surface area contributed by atoms with Gasteiger partial charge in [-0.15, -0.1) is 0 Å². The summed E-state index contributed by atoms with van der Waals surface area (Å²) in [6, 6.07) is 7.53. The van der Waals surface area contributed by atoms with Gasteiger partial charge in [-0.25, -0.2) is 0 Å². The number of benzene rings is 1. The molecule has 0 spiro atoms. The number of aromatic hydroxyl groups is 1. The molecule has 0 atom stereocenters. The van der Waals surface area contributed by atoms with Gasteiger partial charge in [0.2, 0.25) is 0 Å². The van der Waals surface area contributed by atoms with E-state index in [0.717, 1.165) is 13.1 Å². The third-order valence-corrected chi connectivity index (χ3v) is 4.58. The van der Waals surface area contributed by atoms with Crippen LogP contribution in [0.3, 0.4) is 0 Å². The van der Waals surface area contributed by atoms with E-state index in [2.05, 4.69) is 24.3 Å². The summed E-state index contributed by atoms with van der Waals surface area (Å²) in [5, 5.41) is 12.8. The minimum atomic E-state index is 0.335. The van der Waals surface area contributed by atoms with E-state index in [0.29, 0.717) is 11.2 Å². The van der Waals surface area contributed by atoms with Crippen LogP contribution in [0, 0.1) is 5.41 Å². The highest BCUT2D eigenvalue weighted by atomic mass is 16.3. The molecule has 0 amide bonds. The fourth-order valence-corrected chi connectivity index (χ4v) is 3.55. The predicted molar refractivity (Wildman–Crippen MR) is 85.4 cm³/mol. The van der Waals surface area contributed by atoms with Gasteiger partial charge in [0, 0.05) is 31.2 Å². The summed E-state index contributed by atoms with van der Waals surface area (Å²) in [6.07, 6.45) is 8.10. The summed E-state index contributed by atoms with van der Waals surface area (Å²) < 4.78 is 0. The van der Waals surface area contributed by atoms with Gasteiger partial charge in [-0.2, -0.15) is 0 Å². The Morgan fingerprint density at radius 2 is 1.70 bits per heavy atom. The van der Waals surface area contributed by atoms with Crippen LogP contribution >= 0.6 is 0 Å². The summed E-state index contributed by atoms with van der Waals surface area (Å²) in [5.74, 6) is 0.335. The first kappa shape index (κ1) is 15.2. The first-order valence-corrected chi connectivity index (χ1v) is 7.80. The molecule has 0 aromatic heterocycles. The second kappa shape index (κ2) is 6.98. The van der Waals surface area contributed by atoms with E-state index in [1.54, 1.807) is 12.1 Å². The smallest absolute Gasteiger partial charge is 0.115 e. The largest absolute Gasteiger partial charge is 0.508 e. The van der Waals surface area contributed by atoms with Crippen LogP contribution in [-0.2, 0) is 0 Å². The maximum Gasteiger partial charge on any atom is 0.115 e. The average molecular weight is 276 g/mol. The van der Waals surface area contributed by atoms with Crippen molar-refractivity contribution in [2.24, 2.45) is 5.41 Å². The Labute approximate surface area is 123 Å². The zero-order valence-corrected chi connectivity index (χ0v) is 12.9. The third kappa shape index (κ3) is 3.89. The molecule has 0 aliphatic heterocycles. The normalized spacial score (nSPS) is 18.5. The van der Waals surface area contributed by atoms with Gasteiger partial charge in [0.05, 0.1) is 0 Å². The van der Waals surface area contributed by atoms with E-state index in [1.165, 1.54) is 44.2 Å². The Morgan fingerprint density at radius 1 is 1.10 bits per heavy atom. The molecular weight excluding hydrogens is 248 g/mol. The van der Waals surface area contributed by atoms with Crippen molar-refractivity contribution in [3.63, 3.8) is 0 Å². The van der Waals surface area contributed by atoms with Crippen LogP contribution in [0.4, 0.5) is 5.69 Å². The van der Waals surface area contributed by atoms with Crippen LogP contribution in [-0.4, -0.2) is 32.3 Å². The van der Waals surface area contributed by atoms with Gasteiger partial charge in [0.25, 0.3) is 0 Å². The molecule has 1 saturated carbocycles. The number of phenolic OH excluding ortho intramolecular Hbond substituents is 1. The standard InChI is InChI=1S/C17H28N2O/c1-18-13-17(11-5-3-4-6-12-17)14-19(2)15-7-9-16(20)10-8-15/h7-10,18,20H,3-6,11-14H2,1-2H3. The van der Waals surface area contributed by atoms with Crippen molar-refractivity contribution in [3.8, 4) is 5.75 Å². The molecule has 1 fully saturated rings. The van der Waals surface area contributed by atoms with Crippen molar-refractivity contribution in [1.29, 1.82) is 0 Å². The van der Waals surface area contributed by atoms with Gasteiger partial charge in [-0.05, 0) is 44.2 Å². The van der Waals surface area contributed by atoms with E-state index in [4.69, 9.17) is 0 Å². The molecule has 1 aromatic rings. The highest BCUT2D eigenvalue weighted by Crippen LogP contribution is 2.36. The fourth-order valence-electron chi connectivity index (χ4n) is 3.55. The summed E-state index contributed by atoms with van der Waals surface area (Å²) in [6.45, 7) is 2.17. The summed E-state index contributed by atoms with van der Waals surface area (Å²) in [4.78, 5) is 2.34. The highest BCUT2D eigenvalue weighted by Gasteiger charge is 2.31. The fraction of sp³-hybridized carbons (Fsp3) is 0.647. The van der Waals surface area contributed by atoms with Gasteiger partial charge in [-0.3, -0.25) is 0 Å². The average Bonchev–Trinajstić information content (AvgIpc) is 2.66.